The van der Waals surface area contributed by atoms with Gasteiger partial charge in [-0.25, -0.2) is 4.79 Å². The number of ether oxygens (including phenoxy) is 2. The molecule has 2 saturated heterocycles. The van der Waals surface area contributed by atoms with Crippen LogP contribution in [0, 0.1) is 0 Å². The fraction of sp³-hybridized carbons (Fsp3) is 0.632. The summed E-state index contributed by atoms with van der Waals surface area (Å²) in [5, 5.41) is 0. The molecule has 24 heavy (non-hydrogen) atoms. The van der Waals surface area contributed by atoms with Crippen molar-refractivity contribution in [3.8, 4) is 0 Å². The van der Waals surface area contributed by atoms with E-state index in [1.54, 1.807) is 4.90 Å². The van der Waals surface area contributed by atoms with Crippen LogP contribution in [0.3, 0.4) is 0 Å². The molecule has 0 spiro atoms. The van der Waals surface area contributed by atoms with E-state index < -0.39 is 5.60 Å². The Morgan fingerprint density at radius 1 is 1.12 bits per heavy atom. The molecule has 0 aromatic heterocycles. The Bertz CT molecular complexity index is 559. The molecule has 0 saturated carbocycles. The summed E-state index contributed by atoms with van der Waals surface area (Å²) in [4.78, 5) is 16.4. The van der Waals surface area contributed by atoms with Crippen LogP contribution in [-0.4, -0.2) is 49.4 Å². The smallest absolute Gasteiger partial charge is 0.410 e. The van der Waals surface area contributed by atoms with Crippen LogP contribution >= 0.6 is 0 Å². The zero-order valence-corrected chi connectivity index (χ0v) is 15.0. The monoisotopic (exact) mass is 332 g/mol. The Morgan fingerprint density at radius 2 is 1.79 bits per heavy atom. The van der Waals surface area contributed by atoms with Crippen LogP contribution in [0.25, 0.3) is 0 Å². The summed E-state index contributed by atoms with van der Waals surface area (Å²) >= 11 is 0. The largest absolute Gasteiger partial charge is 0.444 e. The average Bonchev–Trinajstić information content (AvgIpc) is 3.08. The molecule has 132 valence electrons. The van der Waals surface area contributed by atoms with Gasteiger partial charge in [0.15, 0.2) is 0 Å². The normalized spacial score (nSPS) is 21.9. The number of amides is 1. The SMILES string of the molecule is CC(C)(C)OC(=O)N1CCO[C@@H](c2ccc(N3CCCC3)cc2)C1. The highest BCUT2D eigenvalue weighted by Crippen LogP contribution is 2.27. The molecular formula is C19H28N2O3. The zero-order valence-electron chi connectivity index (χ0n) is 15.0. The average molecular weight is 332 g/mol. The quantitative estimate of drug-likeness (QED) is 0.830. The summed E-state index contributed by atoms with van der Waals surface area (Å²) < 4.78 is 11.3. The summed E-state index contributed by atoms with van der Waals surface area (Å²) in [7, 11) is 0. The highest BCUT2D eigenvalue weighted by molar-refractivity contribution is 5.68. The van der Waals surface area contributed by atoms with Crippen LogP contribution in [0.2, 0.25) is 0 Å². The van der Waals surface area contributed by atoms with Crippen LogP contribution in [0.4, 0.5) is 10.5 Å². The Balaban J connectivity index is 1.63. The first-order chi connectivity index (χ1) is 11.4. The maximum atomic E-state index is 12.3. The molecule has 1 aromatic carbocycles. The summed E-state index contributed by atoms with van der Waals surface area (Å²) in [6.45, 7) is 9.62. The molecule has 0 bridgehead atoms. The van der Waals surface area contributed by atoms with E-state index in [9.17, 15) is 4.79 Å². The molecule has 1 amide bonds. The molecule has 1 atom stereocenters. The maximum absolute atomic E-state index is 12.3. The van der Waals surface area contributed by atoms with Crippen molar-refractivity contribution >= 4 is 11.8 Å². The van der Waals surface area contributed by atoms with Gasteiger partial charge in [-0.05, 0) is 51.3 Å². The van der Waals surface area contributed by atoms with Crippen LogP contribution < -0.4 is 4.90 Å². The molecule has 2 fully saturated rings. The van der Waals surface area contributed by atoms with Crippen LogP contribution in [0.1, 0.15) is 45.3 Å². The number of carbonyl (C=O) groups is 1. The molecule has 5 nitrogen and oxygen atoms in total. The summed E-state index contributed by atoms with van der Waals surface area (Å²) in [6.07, 6.45) is 2.21. The first-order valence-electron chi connectivity index (χ1n) is 8.87. The van der Waals surface area contributed by atoms with Gasteiger partial charge in [-0.1, -0.05) is 12.1 Å². The number of hydrogen-bond acceptors (Lipinski definition) is 4. The number of rotatable bonds is 2. The molecular weight excluding hydrogens is 304 g/mol. The number of morpholine rings is 1. The molecule has 2 aliphatic rings. The first-order valence-corrected chi connectivity index (χ1v) is 8.87. The van der Waals surface area contributed by atoms with E-state index in [1.807, 2.05) is 20.8 Å². The van der Waals surface area contributed by atoms with Gasteiger partial charge in [0.2, 0.25) is 0 Å². The van der Waals surface area contributed by atoms with E-state index >= 15 is 0 Å². The van der Waals surface area contributed by atoms with E-state index in [4.69, 9.17) is 9.47 Å². The summed E-state index contributed by atoms with van der Waals surface area (Å²) in [5.74, 6) is 0. The van der Waals surface area contributed by atoms with Crippen LogP contribution in [0.5, 0.6) is 0 Å². The lowest BCUT2D eigenvalue weighted by molar-refractivity contribution is -0.0432. The molecule has 0 unspecified atom stereocenters. The molecule has 2 heterocycles. The highest BCUT2D eigenvalue weighted by atomic mass is 16.6. The molecule has 1 aromatic rings. The van der Waals surface area contributed by atoms with Crippen molar-refractivity contribution in [3.63, 3.8) is 0 Å². The molecule has 3 rings (SSSR count). The lowest BCUT2D eigenvalue weighted by atomic mass is 10.1. The van der Waals surface area contributed by atoms with Gasteiger partial charge in [0.25, 0.3) is 0 Å². The lowest BCUT2D eigenvalue weighted by Gasteiger charge is -2.34. The number of anilines is 1. The number of benzene rings is 1. The predicted octanol–water partition coefficient (Wildman–Crippen LogP) is 3.60. The van der Waals surface area contributed by atoms with E-state index in [1.165, 1.54) is 18.5 Å². The topological polar surface area (TPSA) is 42.0 Å². The minimum Gasteiger partial charge on any atom is -0.444 e. The van der Waals surface area contributed by atoms with Gasteiger partial charge in [0, 0.05) is 25.3 Å². The van der Waals surface area contributed by atoms with Crippen molar-refractivity contribution in [3.05, 3.63) is 29.8 Å². The van der Waals surface area contributed by atoms with E-state index in [2.05, 4.69) is 29.2 Å². The van der Waals surface area contributed by atoms with Gasteiger partial charge >= 0.3 is 6.09 Å². The molecule has 0 radical (unpaired) electrons. The Morgan fingerprint density at radius 3 is 2.42 bits per heavy atom. The molecule has 5 heteroatoms. The van der Waals surface area contributed by atoms with Crippen LogP contribution in [-0.2, 0) is 9.47 Å². The maximum Gasteiger partial charge on any atom is 0.410 e. The molecule has 2 aliphatic heterocycles. The van der Waals surface area contributed by atoms with Crippen molar-refractivity contribution in [2.24, 2.45) is 0 Å². The minimum absolute atomic E-state index is 0.0844. The third kappa shape index (κ3) is 4.20. The van der Waals surface area contributed by atoms with Crippen molar-refractivity contribution in [1.82, 2.24) is 4.90 Å². The Hall–Kier alpha value is -1.75. The number of hydrogen-bond donors (Lipinski definition) is 0. The van der Waals surface area contributed by atoms with Crippen molar-refractivity contribution in [2.45, 2.75) is 45.3 Å². The van der Waals surface area contributed by atoms with Crippen molar-refractivity contribution in [1.29, 1.82) is 0 Å². The Labute approximate surface area is 144 Å². The predicted molar refractivity (Wildman–Crippen MR) is 94.4 cm³/mol. The standard InChI is InChI=1S/C19H28N2O3/c1-19(2,3)24-18(22)21-12-13-23-17(14-21)15-6-8-16(9-7-15)20-10-4-5-11-20/h6-9,17H,4-5,10-14H2,1-3H3/t17-/m1/s1. The highest BCUT2D eigenvalue weighted by Gasteiger charge is 2.29. The first kappa shape index (κ1) is 17.1. The zero-order chi connectivity index (χ0) is 17.2. The van der Waals surface area contributed by atoms with E-state index in [0.717, 1.165) is 18.7 Å². The van der Waals surface area contributed by atoms with Gasteiger partial charge < -0.3 is 19.3 Å². The van der Waals surface area contributed by atoms with Crippen molar-refractivity contribution < 1.29 is 14.3 Å². The van der Waals surface area contributed by atoms with Crippen LogP contribution in [0.15, 0.2) is 24.3 Å². The molecule has 0 N–H and O–H groups in total. The van der Waals surface area contributed by atoms with Gasteiger partial charge in [0.1, 0.15) is 11.7 Å². The minimum atomic E-state index is -0.470. The van der Waals surface area contributed by atoms with E-state index in [-0.39, 0.29) is 12.2 Å². The summed E-state index contributed by atoms with van der Waals surface area (Å²) in [5.41, 5.74) is 1.92. The van der Waals surface area contributed by atoms with Gasteiger partial charge in [-0.2, -0.15) is 0 Å². The third-order valence-electron chi connectivity index (χ3n) is 4.45. The van der Waals surface area contributed by atoms with E-state index in [0.29, 0.717) is 19.7 Å². The van der Waals surface area contributed by atoms with Gasteiger partial charge in [-0.3, -0.25) is 0 Å². The van der Waals surface area contributed by atoms with Crippen molar-refractivity contribution in [2.75, 3.05) is 37.7 Å². The number of carbonyl (C=O) groups excluding carboxylic acids is 1. The summed E-state index contributed by atoms with van der Waals surface area (Å²) in [6, 6.07) is 8.57. The fourth-order valence-corrected chi connectivity index (χ4v) is 3.22. The fourth-order valence-electron chi connectivity index (χ4n) is 3.22. The molecule has 0 aliphatic carbocycles. The second-order valence-corrected chi connectivity index (χ2v) is 7.57. The Kier molecular flexibility index (Phi) is 4.99. The third-order valence-corrected chi connectivity index (χ3v) is 4.45. The second kappa shape index (κ2) is 7.01. The van der Waals surface area contributed by atoms with Gasteiger partial charge in [0.05, 0.1) is 13.2 Å². The number of nitrogens with zero attached hydrogens (tertiary/aromatic N) is 2. The lowest BCUT2D eigenvalue weighted by Crippen LogP contribution is -2.44. The second-order valence-electron chi connectivity index (χ2n) is 7.57. The van der Waals surface area contributed by atoms with Gasteiger partial charge in [-0.15, -0.1) is 0 Å².